The standard InChI is InChI=1S/C12H12N2O2/c1-9-4-2-3-5-11(9)12(15)13-6-10-7-16-8-14-10/h2-5,7-8H,6H2,1H3,(H,13,15). The molecule has 0 saturated heterocycles. The number of aromatic nitrogens is 1. The molecule has 0 spiro atoms. The van der Waals surface area contributed by atoms with Gasteiger partial charge in [-0.15, -0.1) is 0 Å². The number of benzene rings is 1. The van der Waals surface area contributed by atoms with Crippen molar-refractivity contribution in [3.63, 3.8) is 0 Å². The van der Waals surface area contributed by atoms with Gasteiger partial charge in [0, 0.05) is 5.56 Å². The van der Waals surface area contributed by atoms with Gasteiger partial charge >= 0.3 is 0 Å². The number of oxazole rings is 1. The first-order valence-electron chi connectivity index (χ1n) is 4.98. The Kier molecular flexibility index (Phi) is 3.00. The third-order valence-corrected chi connectivity index (χ3v) is 2.30. The Hall–Kier alpha value is -2.10. The molecular formula is C12H12N2O2. The van der Waals surface area contributed by atoms with E-state index in [2.05, 4.69) is 10.3 Å². The van der Waals surface area contributed by atoms with Gasteiger partial charge in [0.05, 0.1) is 12.2 Å². The number of carbonyl (C=O) groups is 1. The van der Waals surface area contributed by atoms with Crippen LogP contribution in [0, 0.1) is 6.92 Å². The van der Waals surface area contributed by atoms with Crippen LogP contribution in [0.25, 0.3) is 0 Å². The fraction of sp³-hybridized carbons (Fsp3) is 0.167. The summed E-state index contributed by atoms with van der Waals surface area (Å²) in [5.41, 5.74) is 2.35. The number of hydrogen-bond donors (Lipinski definition) is 1. The number of nitrogens with one attached hydrogen (secondary N) is 1. The molecule has 0 bridgehead atoms. The van der Waals surface area contributed by atoms with Crippen LogP contribution in [-0.4, -0.2) is 10.9 Å². The SMILES string of the molecule is Cc1ccccc1C(=O)NCc1cocn1. The summed E-state index contributed by atoms with van der Waals surface area (Å²) in [6.07, 6.45) is 2.85. The number of amides is 1. The summed E-state index contributed by atoms with van der Waals surface area (Å²) in [7, 11) is 0. The molecule has 16 heavy (non-hydrogen) atoms. The monoisotopic (exact) mass is 216 g/mol. The van der Waals surface area contributed by atoms with Crippen molar-refractivity contribution in [3.05, 3.63) is 53.7 Å². The Morgan fingerprint density at radius 1 is 1.44 bits per heavy atom. The lowest BCUT2D eigenvalue weighted by Crippen LogP contribution is -2.23. The van der Waals surface area contributed by atoms with Gasteiger partial charge in [0.2, 0.25) is 0 Å². The molecule has 0 aliphatic heterocycles. The quantitative estimate of drug-likeness (QED) is 0.852. The van der Waals surface area contributed by atoms with Crippen LogP contribution >= 0.6 is 0 Å². The molecular weight excluding hydrogens is 204 g/mol. The Morgan fingerprint density at radius 2 is 2.25 bits per heavy atom. The summed E-state index contributed by atoms with van der Waals surface area (Å²) in [6, 6.07) is 7.46. The second kappa shape index (κ2) is 4.61. The number of nitrogens with zero attached hydrogens (tertiary/aromatic N) is 1. The first-order valence-corrected chi connectivity index (χ1v) is 4.98. The second-order valence-corrected chi connectivity index (χ2v) is 3.48. The van der Waals surface area contributed by atoms with Crippen molar-refractivity contribution < 1.29 is 9.21 Å². The highest BCUT2D eigenvalue weighted by Crippen LogP contribution is 2.06. The van der Waals surface area contributed by atoms with Gasteiger partial charge in [-0.2, -0.15) is 0 Å². The van der Waals surface area contributed by atoms with Crippen molar-refractivity contribution in [2.75, 3.05) is 0 Å². The maximum Gasteiger partial charge on any atom is 0.251 e. The summed E-state index contributed by atoms with van der Waals surface area (Å²) in [6.45, 7) is 2.29. The molecule has 0 aliphatic rings. The fourth-order valence-corrected chi connectivity index (χ4v) is 1.42. The molecule has 1 amide bonds. The van der Waals surface area contributed by atoms with Gasteiger partial charge in [0.15, 0.2) is 6.39 Å². The van der Waals surface area contributed by atoms with Crippen LogP contribution in [0.2, 0.25) is 0 Å². The van der Waals surface area contributed by atoms with Gasteiger partial charge in [-0.3, -0.25) is 4.79 Å². The Morgan fingerprint density at radius 3 is 2.94 bits per heavy atom. The van der Waals surface area contributed by atoms with Gasteiger partial charge in [-0.1, -0.05) is 18.2 Å². The third kappa shape index (κ3) is 2.28. The van der Waals surface area contributed by atoms with E-state index in [1.54, 1.807) is 6.07 Å². The molecule has 82 valence electrons. The van der Waals surface area contributed by atoms with Crippen molar-refractivity contribution >= 4 is 5.91 Å². The second-order valence-electron chi connectivity index (χ2n) is 3.48. The molecule has 2 rings (SSSR count). The van der Waals surface area contributed by atoms with Gasteiger partial charge in [-0.25, -0.2) is 4.98 Å². The summed E-state index contributed by atoms with van der Waals surface area (Å²) in [5.74, 6) is -0.0962. The lowest BCUT2D eigenvalue weighted by molar-refractivity contribution is 0.0950. The largest absolute Gasteiger partial charge is 0.451 e. The van der Waals surface area contributed by atoms with Crippen LogP contribution in [0.3, 0.4) is 0 Å². The molecule has 4 nitrogen and oxygen atoms in total. The lowest BCUT2D eigenvalue weighted by atomic mass is 10.1. The molecule has 1 N–H and O–H groups in total. The first kappa shape index (κ1) is 10.4. The average molecular weight is 216 g/mol. The molecule has 0 aliphatic carbocycles. The Bertz CT molecular complexity index is 478. The van der Waals surface area contributed by atoms with Crippen molar-refractivity contribution in [1.29, 1.82) is 0 Å². The number of carbonyl (C=O) groups excluding carboxylic acids is 1. The Labute approximate surface area is 93.3 Å². The van der Waals surface area contributed by atoms with E-state index in [9.17, 15) is 4.79 Å². The minimum Gasteiger partial charge on any atom is -0.451 e. The maximum atomic E-state index is 11.8. The van der Waals surface area contributed by atoms with Crippen LogP contribution in [0.4, 0.5) is 0 Å². The highest BCUT2D eigenvalue weighted by Gasteiger charge is 2.07. The molecule has 2 aromatic rings. The van der Waals surface area contributed by atoms with E-state index in [1.807, 2.05) is 25.1 Å². The summed E-state index contributed by atoms with van der Waals surface area (Å²) < 4.78 is 4.81. The number of rotatable bonds is 3. The van der Waals surface area contributed by atoms with Crippen molar-refractivity contribution in [3.8, 4) is 0 Å². The lowest BCUT2D eigenvalue weighted by Gasteiger charge is -2.05. The molecule has 0 radical (unpaired) electrons. The highest BCUT2D eigenvalue weighted by molar-refractivity contribution is 5.95. The van der Waals surface area contributed by atoms with E-state index in [0.29, 0.717) is 17.8 Å². The van der Waals surface area contributed by atoms with E-state index in [0.717, 1.165) is 5.56 Å². The van der Waals surface area contributed by atoms with Crippen LogP contribution in [0.15, 0.2) is 41.3 Å². The van der Waals surface area contributed by atoms with E-state index >= 15 is 0 Å². The normalized spacial score (nSPS) is 10.1. The number of hydrogen-bond acceptors (Lipinski definition) is 3. The predicted octanol–water partition coefficient (Wildman–Crippen LogP) is 1.91. The third-order valence-electron chi connectivity index (χ3n) is 2.30. The average Bonchev–Trinajstić information content (AvgIpc) is 2.79. The summed E-state index contributed by atoms with van der Waals surface area (Å²) in [5, 5.41) is 2.78. The summed E-state index contributed by atoms with van der Waals surface area (Å²) in [4.78, 5) is 15.7. The van der Waals surface area contributed by atoms with Crippen molar-refractivity contribution in [1.82, 2.24) is 10.3 Å². The van der Waals surface area contributed by atoms with Crippen molar-refractivity contribution in [2.45, 2.75) is 13.5 Å². The molecule has 0 unspecified atom stereocenters. The van der Waals surface area contributed by atoms with Gasteiger partial charge in [0.1, 0.15) is 6.26 Å². The molecule has 0 saturated carbocycles. The molecule has 1 heterocycles. The van der Waals surface area contributed by atoms with E-state index in [-0.39, 0.29) is 5.91 Å². The predicted molar refractivity (Wildman–Crippen MR) is 58.9 cm³/mol. The number of aryl methyl sites for hydroxylation is 1. The van der Waals surface area contributed by atoms with Gasteiger partial charge in [0.25, 0.3) is 5.91 Å². The van der Waals surface area contributed by atoms with E-state index < -0.39 is 0 Å². The zero-order valence-electron chi connectivity index (χ0n) is 8.93. The van der Waals surface area contributed by atoms with Gasteiger partial charge in [-0.05, 0) is 18.6 Å². The van der Waals surface area contributed by atoms with E-state index in [4.69, 9.17) is 4.42 Å². The zero-order valence-corrected chi connectivity index (χ0v) is 8.93. The van der Waals surface area contributed by atoms with E-state index in [1.165, 1.54) is 12.7 Å². The van der Waals surface area contributed by atoms with Crippen LogP contribution in [0.5, 0.6) is 0 Å². The molecule has 4 heteroatoms. The highest BCUT2D eigenvalue weighted by atomic mass is 16.3. The Balaban J connectivity index is 2.01. The fourth-order valence-electron chi connectivity index (χ4n) is 1.42. The van der Waals surface area contributed by atoms with Crippen LogP contribution in [0.1, 0.15) is 21.6 Å². The minimum absolute atomic E-state index is 0.0962. The van der Waals surface area contributed by atoms with Gasteiger partial charge < -0.3 is 9.73 Å². The zero-order chi connectivity index (χ0) is 11.4. The van der Waals surface area contributed by atoms with Crippen LogP contribution < -0.4 is 5.32 Å². The molecule has 0 fully saturated rings. The van der Waals surface area contributed by atoms with Crippen LogP contribution in [-0.2, 0) is 6.54 Å². The minimum atomic E-state index is -0.0962. The topological polar surface area (TPSA) is 55.1 Å². The molecule has 1 aromatic heterocycles. The molecule has 1 aromatic carbocycles. The molecule has 0 atom stereocenters. The smallest absolute Gasteiger partial charge is 0.251 e. The maximum absolute atomic E-state index is 11.8. The van der Waals surface area contributed by atoms with Crippen molar-refractivity contribution in [2.24, 2.45) is 0 Å². The summed E-state index contributed by atoms with van der Waals surface area (Å²) >= 11 is 0. The first-order chi connectivity index (χ1) is 7.77.